The smallest absolute Gasteiger partial charge is 0.274 e. The maximum absolute atomic E-state index is 13.0. The van der Waals surface area contributed by atoms with Crippen LogP contribution in [0.4, 0.5) is 0 Å². The Morgan fingerprint density at radius 2 is 1.63 bits per heavy atom. The van der Waals surface area contributed by atoms with Gasteiger partial charge in [-0.15, -0.1) is 0 Å². The summed E-state index contributed by atoms with van der Waals surface area (Å²) in [5, 5.41) is 4.54. The van der Waals surface area contributed by atoms with Gasteiger partial charge in [-0.1, -0.05) is 18.2 Å². The Hall–Kier alpha value is -2.67. The topological polar surface area (TPSA) is 67.7 Å². The molecule has 2 fully saturated rings. The summed E-state index contributed by atoms with van der Waals surface area (Å²) in [6.07, 6.45) is 1.54. The summed E-state index contributed by atoms with van der Waals surface area (Å²) in [6, 6.07) is 11.6. The SMILES string of the molecule is Cc1cc(C(=O)N2CCC(C(=O)N3CC(C)OC(C)C3)CC2)nn1-c1ccccc1. The van der Waals surface area contributed by atoms with Gasteiger partial charge in [-0.2, -0.15) is 5.10 Å². The summed E-state index contributed by atoms with van der Waals surface area (Å²) >= 11 is 0. The van der Waals surface area contributed by atoms with Crippen LogP contribution in [0.15, 0.2) is 36.4 Å². The number of benzene rings is 1. The number of para-hydroxylation sites is 1. The van der Waals surface area contributed by atoms with Crippen LogP contribution in [-0.4, -0.2) is 69.8 Å². The van der Waals surface area contributed by atoms with Gasteiger partial charge in [-0.05, 0) is 51.8 Å². The molecule has 2 aliphatic heterocycles. The number of nitrogens with zero attached hydrogens (tertiary/aromatic N) is 4. The second kappa shape index (κ2) is 8.60. The normalized spacial score (nSPS) is 22.9. The van der Waals surface area contributed by atoms with E-state index in [1.165, 1.54) is 0 Å². The number of hydrogen-bond donors (Lipinski definition) is 0. The van der Waals surface area contributed by atoms with Crippen LogP contribution in [0.5, 0.6) is 0 Å². The zero-order valence-electron chi connectivity index (χ0n) is 18.0. The number of carbonyl (C=O) groups excluding carboxylic acids is 2. The van der Waals surface area contributed by atoms with Crippen molar-refractivity contribution in [3.63, 3.8) is 0 Å². The van der Waals surface area contributed by atoms with Crippen molar-refractivity contribution in [3.05, 3.63) is 47.8 Å². The highest BCUT2D eigenvalue weighted by Crippen LogP contribution is 2.23. The molecule has 3 heterocycles. The van der Waals surface area contributed by atoms with Crippen LogP contribution in [0.2, 0.25) is 0 Å². The Bertz CT molecular complexity index is 892. The molecule has 1 aromatic heterocycles. The number of likely N-dealkylation sites (tertiary alicyclic amines) is 1. The van der Waals surface area contributed by atoms with Crippen molar-refractivity contribution < 1.29 is 14.3 Å². The molecule has 2 saturated heterocycles. The Morgan fingerprint density at radius 3 is 2.27 bits per heavy atom. The molecular formula is C23H30N4O3. The molecule has 2 aliphatic rings. The van der Waals surface area contributed by atoms with Crippen LogP contribution < -0.4 is 0 Å². The first-order valence-corrected chi connectivity index (χ1v) is 10.8. The largest absolute Gasteiger partial charge is 0.372 e. The molecule has 4 rings (SSSR count). The van der Waals surface area contributed by atoms with Crippen molar-refractivity contribution in [1.82, 2.24) is 19.6 Å². The summed E-state index contributed by atoms with van der Waals surface area (Å²) in [5.41, 5.74) is 2.31. The van der Waals surface area contributed by atoms with Gasteiger partial charge in [-0.3, -0.25) is 9.59 Å². The number of piperidine rings is 1. The Labute approximate surface area is 177 Å². The number of amides is 2. The minimum atomic E-state index is -0.0627. The van der Waals surface area contributed by atoms with Gasteiger partial charge < -0.3 is 14.5 Å². The first-order chi connectivity index (χ1) is 14.4. The van der Waals surface area contributed by atoms with Crippen molar-refractivity contribution in [2.75, 3.05) is 26.2 Å². The van der Waals surface area contributed by atoms with E-state index in [-0.39, 0.29) is 29.9 Å². The quantitative estimate of drug-likeness (QED) is 0.780. The predicted molar refractivity (Wildman–Crippen MR) is 114 cm³/mol. The molecule has 30 heavy (non-hydrogen) atoms. The number of morpholine rings is 1. The summed E-state index contributed by atoms with van der Waals surface area (Å²) in [7, 11) is 0. The lowest BCUT2D eigenvalue weighted by Crippen LogP contribution is -2.51. The van der Waals surface area contributed by atoms with E-state index in [0.717, 1.165) is 11.4 Å². The van der Waals surface area contributed by atoms with Crippen molar-refractivity contribution in [1.29, 1.82) is 0 Å². The van der Waals surface area contributed by atoms with Gasteiger partial charge >= 0.3 is 0 Å². The summed E-state index contributed by atoms with van der Waals surface area (Å²) in [4.78, 5) is 29.7. The zero-order valence-corrected chi connectivity index (χ0v) is 18.0. The van der Waals surface area contributed by atoms with Gasteiger partial charge in [0.2, 0.25) is 5.91 Å². The van der Waals surface area contributed by atoms with Gasteiger partial charge in [0.15, 0.2) is 5.69 Å². The summed E-state index contributed by atoms with van der Waals surface area (Å²) in [6.45, 7) is 8.44. The van der Waals surface area contributed by atoms with Crippen LogP contribution >= 0.6 is 0 Å². The molecule has 2 aromatic rings. The standard InChI is InChI=1S/C23H30N4O3/c1-16-13-21(24-27(16)20-7-5-4-6-8-20)23(29)25-11-9-19(10-12-25)22(28)26-14-17(2)30-18(3)15-26/h4-8,13,17-19H,9-12,14-15H2,1-3H3. The number of carbonyl (C=O) groups is 2. The Morgan fingerprint density at radius 1 is 1.00 bits per heavy atom. The predicted octanol–water partition coefficient (Wildman–Crippen LogP) is 2.67. The third kappa shape index (κ3) is 4.26. The minimum absolute atomic E-state index is 0.0184. The highest BCUT2D eigenvalue weighted by atomic mass is 16.5. The molecule has 0 aliphatic carbocycles. The van der Waals surface area contributed by atoms with Crippen LogP contribution in [0, 0.1) is 12.8 Å². The number of ether oxygens (including phenoxy) is 1. The molecule has 0 radical (unpaired) electrons. The third-order valence-corrected chi connectivity index (χ3v) is 5.97. The lowest BCUT2D eigenvalue weighted by Gasteiger charge is -2.39. The minimum Gasteiger partial charge on any atom is -0.372 e. The second-order valence-corrected chi connectivity index (χ2v) is 8.49. The Kier molecular flexibility index (Phi) is 5.90. The first kappa shape index (κ1) is 20.6. The summed E-state index contributed by atoms with van der Waals surface area (Å²) < 4.78 is 7.54. The number of aromatic nitrogens is 2. The van der Waals surface area contributed by atoms with E-state index < -0.39 is 0 Å². The molecule has 7 nitrogen and oxygen atoms in total. The van der Waals surface area contributed by atoms with Crippen molar-refractivity contribution in [2.24, 2.45) is 5.92 Å². The lowest BCUT2D eigenvalue weighted by atomic mass is 9.94. The molecule has 2 atom stereocenters. The molecule has 0 spiro atoms. The van der Waals surface area contributed by atoms with Gasteiger partial charge in [-0.25, -0.2) is 4.68 Å². The molecule has 1 aromatic carbocycles. The maximum Gasteiger partial charge on any atom is 0.274 e. The average molecular weight is 411 g/mol. The second-order valence-electron chi connectivity index (χ2n) is 8.49. The zero-order chi connectivity index (χ0) is 21.3. The van der Waals surface area contributed by atoms with E-state index in [4.69, 9.17) is 4.74 Å². The van der Waals surface area contributed by atoms with E-state index >= 15 is 0 Å². The van der Waals surface area contributed by atoms with Gasteiger partial charge in [0.25, 0.3) is 5.91 Å². The van der Waals surface area contributed by atoms with Gasteiger partial charge in [0.1, 0.15) is 0 Å². The number of aryl methyl sites for hydroxylation is 1. The van der Waals surface area contributed by atoms with Crippen LogP contribution in [-0.2, 0) is 9.53 Å². The van der Waals surface area contributed by atoms with Gasteiger partial charge in [0, 0.05) is 37.8 Å². The fourth-order valence-corrected chi connectivity index (χ4v) is 4.52. The van der Waals surface area contributed by atoms with E-state index in [1.807, 2.05) is 67.0 Å². The van der Waals surface area contributed by atoms with Crippen LogP contribution in [0.3, 0.4) is 0 Å². The van der Waals surface area contributed by atoms with Crippen molar-refractivity contribution in [2.45, 2.75) is 45.8 Å². The van der Waals surface area contributed by atoms with E-state index in [1.54, 1.807) is 4.68 Å². The first-order valence-electron chi connectivity index (χ1n) is 10.8. The maximum atomic E-state index is 13.0. The monoisotopic (exact) mass is 410 g/mol. The van der Waals surface area contributed by atoms with Gasteiger partial charge in [0.05, 0.1) is 17.9 Å². The number of hydrogen-bond acceptors (Lipinski definition) is 4. The van der Waals surface area contributed by atoms with E-state index in [0.29, 0.717) is 44.7 Å². The Balaban J connectivity index is 1.37. The number of rotatable bonds is 3. The molecule has 0 bridgehead atoms. The fraction of sp³-hybridized carbons (Fsp3) is 0.522. The molecule has 0 N–H and O–H groups in total. The van der Waals surface area contributed by atoms with Crippen molar-refractivity contribution in [3.8, 4) is 5.69 Å². The molecule has 2 amide bonds. The molecule has 2 unspecified atom stereocenters. The van der Waals surface area contributed by atoms with E-state index in [9.17, 15) is 9.59 Å². The third-order valence-electron chi connectivity index (χ3n) is 5.97. The highest BCUT2D eigenvalue weighted by Gasteiger charge is 2.34. The fourth-order valence-electron chi connectivity index (χ4n) is 4.52. The van der Waals surface area contributed by atoms with Crippen molar-refractivity contribution >= 4 is 11.8 Å². The molecule has 7 heteroatoms. The molecular weight excluding hydrogens is 380 g/mol. The van der Waals surface area contributed by atoms with E-state index in [2.05, 4.69) is 5.10 Å². The summed E-state index contributed by atoms with van der Waals surface area (Å²) in [5.74, 6) is 0.121. The molecule has 0 saturated carbocycles. The highest BCUT2D eigenvalue weighted by molar-refractivity contribution is 5.92. The average Bonchev–Trinajstić information content (AvgIpc) is 3.14. The van der Waals surface area contributed by atoms with Crippen LogP contribution in [0.1, 0.15) is 42.9 Å². The molecule has 160 valence electrons. The lowest BCUT2D eigenvalue weighted by molar-refractivity contribution is -0.148. The van der Waals surface area contributed by atoms with Crippen LogP contribution in [0.25, 0.3) is 5.69 Å².